The second kappa shape index (κ2) is 5.27. The molecule has 0 saturated heterocycles. The van der Waals surface area contributed by atoms with Crippen molar-refractivity contribution < 1.29 is 18.4 Å². The standard InChI is InChI=1S/C10H15F3N6O/c1-6(4-7(14)17-20)18-2-3-19-8(5-18)15-16-9(19)10(11,12)13/h6,20H,2-5H2,1H3,(H2,14,17). The third-order valence-corrected chi connectivity index (χ3v) is 3.29. The molecule has 1 aliphatic heterocycles. The predicted octanol–water partition coefficient (Wildman–Crippen LogP) is 0.637. The Labute approximate surface area is 112 Å². The molecular weight excluding hydrogens is 277 g/mol. The van der Waals surface area contributed by atoms with E-state index in [0.717, 1.165) is 4.57 Å². The Hall–Kier alpha value is -1.84. The van der Waals surface area contributed by atoms with Crippen LogP contribution in [0.1, 0.15) is 25.0 Å². The number of rotatable bonds is 3. The molecule has 7 nitrogen and oxygen atoms in total. The zero-order valence-electron chi connectivity index (χ0n) is 10.8. The number of hydrogen-bond acceptors (Lipinski definition) is 5. The molecule has 2 rings (SSSR count). The smallest absolute Gasteiger partial charge is 0.409 e. The number of alkyl halides is 3. The number of nitrogens with zero attached hydrogens (tertiary/aromatic N) is 5. The molecular formula is C10H15F3N6O. The van der Waals surface area contributed by atoms with E-state index in [1.54, 1.807) is 0 Å². The first-order chi connectivity index (χ1) is 9.32. The maximum atomic E-state index is 12.7. The number of fused-ring (bicyclic) bond motifs is 1. The summed E-state index contributed by atoms with van der Waals surface area (Å²) in [7, 11) is 0. The predicted molar refractivity (Wildman–Crippen MR) is 62.9 cm³/mol. The van der Waals surface area contributed by atoms with Gasteiger partial charge in [0.15, 0.2) is 0 Å². The first-order valence-corrected chi connectivity index (χ1v) is 6.02. The van der Waals surface area contributed by atoms with Gasteiger partial charge in [-0.15, -0.1) is 10.2 Å². The third kappa shape index (κ3) is 2.84. The molecule has 0 fully saturated rings. The molecule has 0 aromatic carbocycles. The van der Waals surface area contributed by atoms with Gasteiger partial charge in [-0.2, -0.15) is 13.2 Å². The van der Waals surface area contributed by atoms with Gasteiger partial charge in [-0.1, -0.05) is 5.16 Å². The van der Waals surface area contributed by atoms with Crippen LogP contribution < -0.4 is 5.73 Å². The molecule has 20 heavy (non-hydrogen) atoms. The fourth-order valence-electron chi connectivity index (χ4n) is 2.23. The number of halogens is 3. The molecule has 0 bridgehead atoms. The first-order valence-electron chi connectivity index (χ1n) is 6.02. The summed E-state index contributed by atoms with van der Waals surface area (Å²) in [4.78, 5) is 1.92. The Morgan fingerprint density at radius 1 is 1.45 bits per heavy atom. The highest BCUT2D eigenvalue weighted by Crippen LogP contribution is 2.29. The van der Waals surface area contributed by atoms with Crippen LogP contribution in [0, 0.1) is 0 Å². The topological polar surface area (TPSA) is 92.6 Å². The highest BCUT2D eigenvalue weighted by atomic mass is 19.4. The van der Waals surface area contributed by atoms with E-state index in [9.17, 15) is 13.2 Å². The molecule has 0 aliphatic carbocycles. The zero-order chi connectivity index (χ0) is 14.9. The highest BCUT2D eigenvalue weighted by molar-refractivity contribution is 5.80. The van der Waals surface area contributed by atoms with Crippen LogP contribution >= 0.6 is 0 Å². The van der Waals surface area contributed by atoms with Gasteiger partial charge in [-0.05, 0) is 6.92 Å². The Kier molecular flexibility index (Phi) is 3.84. The largest absolute Gasteiger partial charge is 0.451 e. The third-order valence-electron chi connectivity index (χ3n) is 3.29. The summed E-state index contributed by atoms with van der Waals surface area (Å²) in [6.07, 6.45) is -4.16. The lowest BCUT2D eigenvalue weighted by atomic mass is 10.1. The number of aromatic nitrogens is 3. The van der Waals surface area contributed by atoms with Crippen molar-refractivity contribution in [1.82, 2.24) is 19.7 Å². The van der Waals surface area contributed by atoms with Gasteiger partial charge < -0.3 is 15.5 Å². The van der Waals surface area contributed by atoms with Gasteiger partial charge in [0.2, 0.25) is 5.82 Å². The molecule has 1 aliphatic rings. The monoisotopic (exact) mass is 292 g/mol. The molecule has 10 heteroatoms. The van der Waals surface area contributed by atoms with E-state index < -0.39 is 12.0 Å². The fourth-order valence-corrected chi connectivity index (χ4v) is 2.23. The minimum Gasteiger partial charge on any atom is -0.409 e. The van der Waals surface area contributed by atoms with Crippen LogP contribution in [-0.4, -0.2) is 43.3 Å². The Morgan fingerprint density at radius 2 is 2.15 bits per heavy atom. The van der Waals surface area contributed by atoms with E-state index in [-0.39, 0.29) is 30.8 Å². The summed E-state index contributed by atoms with van der Waals surface area (Å²) in [5.41, 5.74) is 5.43. The van der Waals surface area contributed by atoms with E-state index in [1.165, 1.54) is 0 Å². The number of amidine groups is 1. The summed E-state index contributed by atoms with van der Waals surface area (Å²) in [5, 5.41) is 18.2. The summed E-state index contributed by atoms with van der Waals surface area (Å²) in [5.74, 6) is -0.605. The lowest BCUT2D eigenvalue weighted by Gasteiger charge is -2.32. The van der Waals surface area contributed by atoms with Crippen LogP contribution in [-0.2, 0) is 19.3 Å². The van der Waals surface area contributed by atoms with Crippen molar-refractivity contribution in [3.63, 3.8) is 0 Å². The van der Waals surface area contributed by atoms with Gasteiger partial charge in [0, 0.05) is 25.6 Å². The maximum absolute atomic E-state index is 12.7. The lowest BCUT2D eigenvalue weighted by Crippen LogP contribution is -2.42. The highest BCUT2D eigenvalue weighted by Gasteiger charge is 2.39. The molecule has 1 aromatic rings. The number of hydrogen-bond donors (Lipinski definition) is 2. The molecule has 0 saturated carbocycles. The van der Waals surface area contributed by atoms with E-state index in [0.29, 0.717) is 13.0 Å². The van der Waals surface area contributed by atoms with Crippen molar-refractivity contribution >= 4 is 5.84 Å². The minimum absolute atomic E-state index is 0.0642. The van der Waals surface area contributed by atoms with Gasteiger partial charge in [-0.25, -0.2) is 0 Å². The molecule has 1 atom stereocenters. The summed E-state index contributed by atoms with van der Waals surface area (Å²) in [6, 6.07) is -0.0642. The molecule has 2 heterocycles. The average Bonchev–Trinajstić information content (AvgIpc) is 2.80. The maximum Gasteiger partial charge on any atom is 0.451 e. The summed E-state index contributed by atoms with van der Waals surface area (Å²) < 4.78 is 39.1. The van der Waals surface area contributed by atoms with Gasteiger partial charge >= 0.3 is 6.18 Å². The van der Waals surface area contributed by atoms with Crippen molar-refractivity contribution in [1.29, 1.82) is 0 Å². The molecule has 3 N–H and O–H groups in total. The molecule has 0 radical (unpaired) electrons. The van der Waals surface area contributed by atoms with E-state index in [4.69, 9.17) is 10.9 Å². The molecule has 0 amide bonds. The normalized spacial score (nSPS) is 18.9. The van der Waals surface area contributed by atoms with Crippen LogP contribution in [0.15, 0.2) is 5.16 Å². The van der Waals surface area contributed by atoms with Crippen molar-refractivity contribution in [3.8, 4) is 0 Å². The summed E-state index contributed by atoms with van der Waals surface area (Å²) in [6.45, 7) is 2.70. The van der Waals surface area contributed by atoms with Crippen LogP contribution in [0.25, 0.3) is 0 Å². The molecule has 1 aromatic heterocycles. The quantitative estimate of drug-likeness (QED) is 0.369. The first kappa shape index (κ1) is 14.6. The van der Waals surface area contributed by atoms with E-state index >= 15 is 0 Å². The Balaban J connectivity index is 2.11. The van der Waals surface area contributed by atoms with Gasteiger partial charge in [0.25, 0.3) is 0 Å². The van der Waals surface area contributed by atoms with Gasteiger partial charge in [0.05, 0.1) is 6.54 Å². The zero-order valence-corrected chi connectivity index (χ0v) is 10.8. The van der Waals surface area contributed by atoms with Crippen molar-refractivity contribution in [2.24, 2.45) is 10.9 Å². The minimum atomic E-state index is -4.49. The Morgan fingerprint density at radius 3 is 2.75 bits per heavy atom. The lowest BCUT2D eigenvalue weighted by molar-refractivity contribution is -0.148. The van der Waals surface area contributed by atoms with Crippen LogP contribution in [0.2, 0.25) is 0 Å². The number of oxime groups is 1. The average molecular weight is 292 g/mol. The Bertz CT molecular complexity index is 512. The fraction of sp³-hybridized carbons (Fsp3) is 0.700. The van der Waals surface area contributed by atoms with E-state index in [2.05, 4.69) is 15.4 Å². The molecule has 0 spiro atoms. The van der Waals surface area contributed by atoms with Crippen molar-refractivity contribution in [2.45, 2.75) is 38.7 Å². The summed E-state index contributed by atoms with van der Waals surface area (Å²) >= 11 is 0. The van der Waals surface area contributed by atoms with E-state index in [1.807, 2.05) is 11.8 Å². The van der Waals surface area contributed by atoms with Crippen LogP contribution in [0.5, 0.6) is 0 Å². The SMILES string of the molecule is CC(CC(N)=NO)N1CCn2c(nnc2C(F)(F)F)C1. The molecule has 112 valence electrons. The second-order valence-corrected chi connectivity index (χ2v) is 4.70. The second-order valence-electron chi connectivity index (χ2n) is 4.70. The van der Waals surface area contributed by atoms with Gasteiger partial charge in [-0.3, -0.25) is 4.90 Å². The van der Waals surface area contributed by atoms with Crippen LogP contribution in [0.4, 0.5) is 13.2 Å². The van der Waals surface area contributed by atoms with Crippen LogP contribution in [0.3, 0.4) is 0 Å². The molecule has 1 unspecified atom stereocenters. The number of nitrogens with two attached hydrogens (primary N) is 1. The van der Waals surface area contributed by atoms with Gasteiger partial charge in [0.1, 0.15) is 11.7 Å². The van der Waals surface area contributed by atoms with Crippen molar-refractivity contribution in [2.75, 3.05) is 6.54 Å². The van der Waals surface area contributed by atoms with Crippen molar-refractivity contribution in [3.05, 3.63) is 11.6 Å².